The second kappa shape index (κ2) is 7.94. The van der Waals surface area contributed by atoms with Crippen LogP contribution in [0.2, 0.25) is 0 Å². The number of methoxy groups -OCH3 is 1. The van der Waals surface area contributed by atoms with Crippen LogP contribution >= 0.6 is 0 Å². The molecule has 4 rings (SSSR count). The molecule has 2 aliphatic rings. The van der Waals surface area contributed by atoms with E-state index in [1.807, 2.05) is 6.92 Å². The number of nitrogens with zero attached hydrogens (tertiary/aromatic N) is 1. The lowest BCUT2D eigenvalue weighted by Gasteiger charge is -2.30. The molecule has 1 amide bonds. The van der Waals surface area contributed by atoms with Crippen molar-refractivity contribution in [2.75, 3.05) is 7.11 Å². The number of Topliss-reactive ketones (excluding diaryl/α,β-unsaturated/α-hetero) is 1. The van der Waals surface area contributed by atoms with E-state index in [0.29, 0.717) is 16.9 Å². The molecule has 0 aromatic heterocycles. The first-order chi connectivity index (χ1) is 14.4. The Labute approximate surface area is 174 Å². The number of aliphatic hydroxyl groups excluding tert-OH is 1. The summed E-state index contributed by atoms with van der Waals surface area (Å²) in [5.74, 6) is -1.28. The van der Waals surface area contributed by atoms with Gasteiger partial charge in [0.1, 0.15) is 17.3 Å². The summed E-state index contributed by atoms with van der Waals surface area (Å²) in [6.45, 7) is 1.84. The molecular weight excluding hydrogens is 385 g/mol. The van der Waals surface area contributed by atoms with Crippen LogP contribution in [0.1, 0.15) is 48.4 Å². The number of benzene rings is 2. The Morgan fingerprint density at radius 2 is 1.77 bits per heavy atom. The highest BCUT2D eigenvalue weighted by molar-refractivity contribution is 6.46. The fraction of sp³-hybridized carbons (Fsp3) is 0.333. The summed E-state index contributed by atoms with van der Waals surface area (Å²) in [6, 6.07) is 10.0. The number of aliphatic hydroxyl groups is 1. The van der Waals surface area contributed by atoms with Gasteiger partial charge in [-0.05, 0) is 61.2 Å². The number of amides is 1. The van der Waals surface area contributed by atoms with Crippen molar-refractivity contribution in [1.82, 2.24) is 4.90 Å². The average molecular weight is 409 g/mol. The Kier molecular flexibility index (Phi) is 5.33. The monoisotopic (exact) mass is 409 g/mol. The summed E-state index contributed by atoms with van der Waals surface area (Å²) in [6.07, 6.45) is 3.60. The van der Waals surface area contributed by atoms with Gasteiger partial charge in [-0.1, -0.05) is 25.0 Å². The Morgan fingerprint density at radius 3 is 2.37 bits per heavy atom. The Bertz CT molecular complexity index is 1020. The number of carbonyl (C=O) groups excluding carboxylic acids is 2. The number of likely N-dealkylation sites (tertiary alicyclic amines) is 1. The summed E-state index contributed by atoms with van der Waals surface area (Å²) in [5.41, 5.74) is 1.88. The number of hydrogen-bond acceptors (Lipinski definition) is 4. The molecule has 0 bridgehead atoms. The molecule has 1 aliphatic carbocycles. The van der Waals surface area contributed by atoms with Gasteiger partial charge in [0.15, 0.2) is 0 Å². The van der Waals surface area contributed by atoms with Crippen molar-refractivity contribution >= 4 is 17.4 Å². The van der Waals surface area contributed by atoms with Crippen LogP contribution < -0.4 is 4.74 Å². The van der Waals surface area contributed by atoms with Gasteiger partial charge in [-0.2, -0.15) is 0 Å². The van der Waals surface area contributed by atoms with Gasteiger partial charge < -0.3 is 14.7 Å². The second-order valence-corrected chi connectivity index (χ2v) is 7.88. The molecule has 1 unspecified atom stereocenters. The van der Waals surface area contributed by atoms with E-state index in [1.165, 1.54) is 12.1 Å². The van der Waals surface area contributed by atoms with E-state index in [-0.39, 0.29) is 17.4 Å². The number of halogens is 1. The van der Waals surface area contributed by atoms with Crippen molar-refractivity contribution in [1.29, 1.82) is 0 Å². The maximum Gasteiger partial charge on any atom is 0.295 e. The molecule has 1 N–H and O–H groups in total. The number of hydrogen-bond donors (Lipinski definition) is 1. The SMILES string of the molecule is COc1ccc(/C(O)=C2/C(=O)C(=O)N(C3CCCC3)C2c2ccc(F)cc2)cc1C. The first kappa shape index (κ1) is 20.1. The minimum absolute atomic E-state index is 0.0445. The quantitative estimate of drug-likeness (QED) is 0.458. The minimum atomic E-state index is -0.740. The highest BCUT2D eigenvalue weighted by Gasteiger charge is 2.49. The standard InChI is InChI=1S/C24H24FNO4/c1-14-13-16(9-12-19(14)30-2)22(27)20-21(15-7-10-17(25)11-8-15)26(24(29)23(20)28)18-5-3-4-6-18/h7-13,18,21,27H,3-6H2,1-2H3/b22-20-. The average Bonchev–Trinajstić information content (AvgIpc) is 3.35. The van der Waals surface area contributed by atoms with E-state index in [0.717, 1.165) is 31.2 Å². The van der Waals surface area contributed by atoms with Gasteiger partial charge in [-0.3, -0.25) is 9.59 Å². The third-order valence-electron chi connectivity index (χ3n) is 6.05. The van der Waals surface area contributed by atoms with E-state index < -0.39 is 23.5 Å². The number of carbonyl (C=O) groups is 2. The fourth-order valence-electron chi connectivity index (χ4n) is 4.56. The summed E-state index contributed by atoms with van der Waals surface area (Å²) in [7, 11) is 1.56. The smallest absolute Gasteiger partial charge is 0.295 e. The summed E-state index contributed by atoms with van der Waals surface area (Å²) < 4.78 is 18.8. The molecule has 1 heterocycles. The van der Waals surface area contributed by atoms with Crippen LogP contribution in [0.4, 0.5) is 4.39 Å². The highest BCUT2D eigenvalue weighted by Crippen LogP contribution is 2.43. The molecule has 6 heteroatoms. The zero-order chi connectivity index (χ0) is 21.4. The molecule has 1 saturated carbocycles. The largest absolute Gasteiger partial charge is 0.507 e. The molecule has 1 atom stereocenters. The van der Waals surface area contributed by atoms with Crippen LogP contribution in [0.3, 0.4) is 0 Å². The Balaban J connectivity index is 1.87. The van der Waals surface area contributed by atoms with Gasteiger partial charge in [0.05, 0.1) is 18.7 Å². The van der Waals surface area contributed by atoms with E-state index in [2.05, 4.69) is 0 Å². The van der Waals surface area contributed by atoms with Crippen molar-refractivity contribution in [2.24, 2.45) is 0 Å². The lowest BCUT2D eigenvalue weighted by molar-refractivity contribution is -0.141. The van der Waals surface area contributed by atoms with Crippen molar-refractivity contribution in [2.45, 2.75) is 44.7 Å². The second-order valence-electron chi connectivity index (χ2n) is 7.88. The van der Waals surface area contributed by atoms with Crippen LogP contribution in [0.15, 0.2) is 48.0 Å². The normalized spacial score (nSPS) is 21.4. The first-order valence-electron chi connectivity index (χ1n) is 10.1. The summed E-state index contributed by atoms with van der Waals surface area (Å²) in [5, 5.41) is 11.1. The predicted octanol–water partition coefficient (Wildman–Crippen LogP) is 4.51. The van der Waals surface area contributed by atoms with Crippen molar-refractivity contribution in [3.8, 4) is 5.75 Å². The third-order valence-corrected chi connectivity index (χ3v) is 6.05. The van der Waals surface area contributed by atoms with E-state index in [1.54, 1.807) is 42.3 Å². The topological polar surface area (TPSA) is 66.8 Å². The van der Waals surface area contributed by atoms with Crippen molar-refractivity contribution < 1.29 is 23.8 Å². The maximum absolute atomic E-state index is 13.5. The molecule has 30 heavy (non-hydrogen) atoms. The summed E-state index contributed by atoms with van der Waals surface area (Å²) >= 11 is 0. The number of aryl methyl sites for hydroxylation is 1. The highest BCUT2D eigenvalue weighted by atomic mass is 19.1. The van der Waals surface area contributed by atoms with Gasteiger partial charge in [0.2, 0.25) is 0 Å². The predicted molar refractivity (Wildman–Crippen MR) is 111 cm³/mol. The van der Waals surface area contributed by atoms with Crippen molar-refractivity contribution in [3.05, 3.63) is 70.5 Å². The van der Waals surface area contributed by atoms with E-state index in [9.17, 15) is 19.1 Å². The number of rotatable bonds is 4. The molecular formula is C24H24FNO4. The van der Waals surface area contributed by atoms with Crippen LogP contribution in [0.25, 0.3) is 5.76 Å². The maximum atomic E-state index is 13.5. The molecule has 5 nitrogen and oxygen atoms in total. The van der Waals surface area contributed by atoms with Crippen LogP contribution in [-0.2, 0) is 9.59 Å². The zero-order valence-electron chi connectivity index (χ0n) is 17.0. The molecule has 2 aromatic rings. The van der Waals surface area contributed by atoms with Gasteiger partial charge in [0.25, 0.3) is 11.7 Å². The van der Waals surface area contributed by atoms with Crippen molar-refractivity contribution in [3.63, 3.8) is 0 Å². The van der Waals surface area contributed by atoms with Gasteiger partial charge in [0, 0.05) is 11.6 Å². The molecule has 2 aromatic carbocycles. The molecule has 0 radical (unpaired) electrons. The van der Waals surface area contributed by atoms with Crippen LogP contribution in [0.5, 0.6) is 5.75 Å². The fourth-order valence-corrected chi connectivity index (χ4v) is 4.56. The van der Waals surface area contributed by atoms with E-state index in [4.69, 9.17) is 4.74 Å². The van der Waals surface area contributed by atoms with Gasteiger partial charge >= 0.3 is 0 Å². The molecule has 156 valence electrons. The minimum Gasteiger partial charge on any atom is -0.507 e. The van der Waals surface area contributed by atoms with Crippen LogP contribution in [0, 0.1) is 12.7 Å². The number of ketones is 1. The lowest BCUT2D eigenvalue weighted by Crippen LogP contribution is -2.37. The molecule has 0 spiro atoms. The molecule has 2 fully saturated rings. The molecule has 1 aliphatic heterocycles. The Hall–Kier alpha value is -3.15. The number of ether oxygens (including phenoxy) is 1. The lowest BCUT2D eigenvalue weighted by atomic mass is 9.94. The Morgan fingerprint density at radius 1 is 1.10 bits per heavy atom. The van der Waals surface area contributed by atoms with Gasteiger partial charge in [-0.25, -0.2) is 4.39 Å². The first-order valence-corrected chi connectivity index (χ1v) is 10.1. The van der Waals surface area contributed by atoms with Gasteiger partial charge in [-0.15, -0.1) is 0 Å². The third kappa shape index (κ3) is 3.36. The van der Waals surface area contributed by atoms with E-state index >= 15 is 0 Å². The molecule has 1 saturated heterocycles. The zero-order valence-corrected chi connectivity index (χ0v) is 17.0. The summed E-state index contributed by atoms with van der Waals surface area (Å²) in [4.78, 5) is 27.6. The van der Waals surface area contributed by atoms with Crippen LogP contribution in [-0.4, -0.2) is 34.8 Å².